The molecule has 1 aromatic rings. The third kappa shape index (κ3) is 2.28. The molecule has 7 heteroatoms. The first-order valence-electron chi connectivity index (χ1n) is 6.79. The molecule has 20 heavy (non-hydrogen) atoms. The van der Waals surface area contributed by atoms with Crippen LogP contribution in [0.1, 0.15) is 25.7 Å². The summed E-state index contributed by atoms with van der Waals surface area (Å²) in [6, 6.07) is 4.15. The first-order valence-corrected chi connectivity index (χ1v) is 7.17. The lowest BCUT2D eigenvalue weighted by Gasteiger charge is -2.41. The average Bonchev–Trinajstić information content (AvgIpc) is 2.70. The van der Waals surface area contributed by atoms with Gasteiger partial charge in [-0.1, -0.05) is 11.6 Å². The van der Waals surface area contributed by atoms with Crippen LogP contribution >= 0.6 is 11.6 Å². The van der Waals surface area contributed by atoms with Crippen LogP contribution in [0, 0.1) is 0 Å². The summed E-state index contributed by atoms with van der Waals surface area (Å²) in [6.45, 7) is 0. The molecular weight excluding hydrogens is 280 g/mol. The summed E-state index contributed by atoms with van der Waals surface area (Å²) in [7, 11) is 1.98. The molecule has 1 aromatic heterocycles. The van der Waals surface area contributed by atoms with Crippen LogP contribution in [0.2, 0.25) is 5.15 Å². The number of piperidine rings is 1. The van der Waals surface area contributed by atoms with Crippen molar-refractivity contribution < 1.29 is 9.90 Å². The Labute approximate surface area is 122 Å². The summed E-state index contributed by atoms with van der Waals surface area (Å²) in [5.41, 5.74) is 0. The van der Waals surface area contributed by atoms with Gasteiger partial charge in [0.25, 0.3) is 0 Å². The molecule has 2 aliphatic rings. The van der Waals surface area contributed by atoms with Crippen molar-refractivity contribution in [2.45, 2.75) is 43.8 Å². The summed E-state index contributed by atoms with van der Waals surface area (Å²) in [5.74, 6) is 0.780. The Bertz CT molecular complexity index is 496. The zero-order chi connectivity index (χ0) is 14.3. The van der Waals surface area contributed by atoms with Gasteiger partial charge in [-0.25, -0.2) is 4.79 Å². The van der Waals surface area contributed by atoms with E-state index in [0.717, 1.165) is 31.5 Å². The molecule has 0 spiro atoms. The molecular formula is C13H17ClN4O2. The van der Waals surface area contributed by atoms with Gasteiger partial charge < -0.3 is 14.9 Å². The van der Waals surface area contributed by atoms with Crippen LogP contribution in [0.3, 0.4) is 0 Å². The SMILES string of the molecule is CN(c1ccc(Cl)nn1)[C@@H]1C[C@H]2CC[C@@H](C1)N2C(=O)O. The van der Waals surface area contributed by atoms with Crippen molar-refractivity contribution in [1.29, 1.82) is 0 Å². The second-order valence-electron chi connectivity index (χ2n) is 5.53. The number of anilines is 1. The predicted octanol–water partition coefficient (Wildman–Crippen LogP) is 2.24. The number of amides is 1. The number of rotatable bonds is 2. The Balaban J connectivity index is 1.74. The monoisotopic (exact) mass is 296 g/mol. The van der Waals surface area contributed by atoms with Crippen LogP contribution in [0.4, 0.5) is 10.6 Å². The van der Waals surface area contributed by atoms with Gasteiger partial charge >= 0.3 is 6.09 Å². The van der Waals surface area contributed by atoms with Gasteiger partial charge in [0.2, 0.25) is 0 Å². The molecule has 2 aliphatic heterocycles. The van der Waals surface area contributed by atoms with Crippen molar-refractivity contribution in [1.82, 2.24) is 15.1 Å². The van der Waals surface area contributed by atoms with Crippen molar-refractivity contribution in [2.24, 2.45) is 0 Å². The van der Waals surface area contributed by atoms with Crippen molar-refractivity contribution in [3.8, 4) is 0 Å². The first-order chi connectivity index (χ1) is 9.56. The second-order valence-corrected chi connectivity index (χ2v) is 5.91. The number of halogens is 1. The zero-order valence-electron chi connectivity index (χ0n) is 11.2. The Morgan fingerprint density at radius 1 is 1.35 bits per heavy atom. The summed E-state index contributed by atoms with van der Waals surface area (Å²) in [4.78, 5) is 15.0. The van der Waals surface area contributed by atoms with Crippen LogP contribution in [0.15, 0.2) is 12.1 Å². The lowest BCUT2D eigenvalue weighted by molar-refractivity contribution is 0.0965. The number of hydrogen-bond acceptors (Lipinski definition) is 4. The van der Waals surface area contributed by atoms with E-state index < -0.39 is 6.09 Å². The highest BCUT2D eigenvalue weighted by molar-refractivity contribution is 6.29. The van der Waals surface area contributed by atoms with E-state index in [0.29, 0.717) is 11.2 Å². The third-order valence-corrected chi connectivity index (χ3v) is 4.66. The van der Waals surface area contributed by atoms with Gasteiger partial charge in [0.15, 0.2) is 11.0 Å². The van der Waals surface area contributed by atoms with Crippen molar-refractivity contribution in [3.63, 3.8) is 0 Å². The first kappa shape index (κ1) is 13.4. The maximum absolute atomic E-state index is 11.3. The van der Waals surface area contributed by atoms with Crippen molar-refractivity contribution in [2.75, 3.05) is 11.9 Å². The molecule has 0 unspecified atom stereocenters. The molecule has 108 valence electrons. The quantitative estimate of drug-likeness (QED) is 0.906. The Hall–Kier alpha value is -1.56. The van der Waals surface area contributed by atoms with E-state index in [9.17, 15) is 9.90 Å². The average molecular weight is 297 g/mol. The number of nitrogens with zero attached hydrogens (tertiary/aromatic N) is 4. The Morgan fingerprint density at radius 3 is 2.50 bits per heavy atom. The van der Waals surface area contributed by atoms with E-state index in [2.05, 4.69) is 15.1 Å². The normalized spacial score (nSPS) is 28.5. The number of aromatic nitrogens is 2. The number of carbonyl (C=O) groups is 1. The summed E-state index contributed by atoms with van der Waals surface area (Å²) >= 11 is 5.75. The molecule has 6 nitrogen and oxygen atoms in total. The van der Waals surface area contributed by atoms with Gasteiger partial charge in [-0.15, -0.1) is 10.2 Å². The molecule has 3 rings (SSSR count). The highest BCUT2D eigenvalue weighted by Crippen LogP contribution is 2.38. The van der Waals surface area contributed by atoms with Crippen molar-refractivity contribution >= 4 is 23.5 Å². The molecule has 0 radical (unpaired) electrons. The lowest BCUT2D eigenvalue weighted by Crippen LogP contribution is -2.51. The summed E-state index contributed by atoms with van der Waals surface area (Å²) < 4.78 is 0. The van der Waals surface area contributed by atoms with E-state index in [1.54, 1.807) is 11.0 Å². The van der Waals surface area contributed by atoms with Crippen LogP contribution in [-0.2, 0) is 0 Å². The fourth-order valence-electron chi connectivity index (χ4n) is 3.46. The predicted molar refractivity (Wildman–Crippen MR) is 75.1 cm³/mol. The van der Waals surface area contributed by atoms with Gasteiger partial charge in [0.05, 0.1) is 0 Å². The second kappa shape index (κ2) is 5.09. The molecule has 3 heterocycles. The lowest BCUT2D eigenvalue weighted by atomic mass is 9.96. The minimum Gasteiger partial charge on any atom is -0.465 e. The maximum atomic E-state index is 11.3. The molecule has 2 bridgehead atoms. The third-order valence-electron chi connectivity index (χ3n) is 4.46. The molecule has 1 amide bonds. The van der Waals surface area contributed by atoms with E-state index in [1.807, 2.05) is 13.1 Å². The molecule has 2 fully saturated rings. The van der Waals surface area contributed by atoms with Crippen LogP contribution in [-0.4, -0.2) is 51.5 Å². The van der Waals surface area contributed by atoms with Gasteiger partial charge in [0, 0.05) is 25.2 Å². The summed E-state index contributed by atoms with van der Waals surface area (Å²) in [5, 5.41) is 17.6. The van der Waals surface area contributed by atoms with Crippen molar-refractivity contribution in [3.05, 3.63) is 17.3 Å². The van der Waals surface area contributed by atoms with E-state index in [-0.39, 0.29) is 12.1 Å². The highest BCUT2D eigenvalue weighted by atomic mass is 35.5. The molecule has 0 saturated carbocycles. The summed E-state index contributed by atoms with van der Waals surface area (Å²) in [6.07, 6.45) is 2.85. The Kier molecular flexibility index (Phi) is 3.41. The van der Waals surface area contributed by atoms with Gasteiger partial charge in [0.1, 0.15) is 0 Å². The zero-order valence-corrected chi connectivity index (χ0v) is 12.0. The maximum Gasteiger partial charge on any atom is 0.407 e. The highest BCUT2D eigenvalue weighted by Gasteiger charge is 2.44. The molecule has 0 aromatic carbocycles. The minimum atomic E-state index is -0.787. The number of fused-ring (bicyclic) bond motifs is 2. The molecule has 3 atom stereocenters. The Morgan fingerprint density at radius 2 is 2.00 bits per heavy atom. The largest absolute Gasteiger partial charge is 0.465 e. The van der Waals surface area contributed by atoms with Gasteiger partial charge in [-0.05, 0) is 37.8 Å². The van der Waals surface area contributed by atoms with E-state index >= 15 is 0 Å². The molecule has 1 N–H and O–H groups in total. The van der Waals surface area contributed by atoms with E-state index in [4.69, 9.17) is 11.6 Å². The van der Waals surface area contributed by atoms with Gasteiger partial charge in [-0.3, -0.25) is 0 Å². The number of hydrogen-bond donors (Lipinski definition) is 1. The van der Waals surface area contributed by atoms with Crippen LogP contribution in [0.25, 0.3) is 0 Å². The fourth-order valence-corrected chi connectivity index (χ4v) is 3.56. The standard InChI is InChI=1S/C13H17ClN4O2/c1-17(12-5-4-11(14)15-16-12)10-6-8-2-3-9(7-10)18(8)13(19)20/h4-5,8-10H,2-3,6-7H2,1H3,(H,19,20)/t8-,9+,10-. The molecule has 0 aliphatic carbocycles. The van der Waals surface area contributed by atoms with Crippen LogP contribution < -0.4 is 4.90 Å². The van der Waals surface area contributed by atoms with E-state index in [1.165, 1.54) is 0 Å². The molecule has 2 saturated heterocycles. The fraction of sp³-hybridized carbons (Fsp3) is 0.615. The number of carboxylic acid groups (broad SMARTS) is 1. The minimum absolute atomic E-state index is 0.138. The topological polar surface area (TPSA) is 69.6 Å². The smallest absolute Gasteiger partial charge is 0.407 e. The van der Waals surface area contributed by atoms with Crippen LogP contribution in [0.5, 0.6) is 0 Å². The van der Waals surface area contributed by atoms with Gasteiger partial charge in [-0.2, -0.15) is 0 Å².